The fourth-order valence-electron chi connectivity index (χ4n) is 3.47. The van der Waals surface area contributed by atoms with Gasteiger partial charge in [-0.2, -0.15) is 10.4 Å². The van der Waals surface area contributed by atoms with E-state index >= 15 is 0 Å². The molecule has 0 spiro atoms. The minimum absolute atomic E-state index is 0.130. The maximum absolute atomic E-state index is 13.0. The zero-order chi connectivity index (χ0) is 20.9. The maximum atomic E-state index is 13.0. The number of rotatable bonds is 5. The zero-order valence-electron chi connectivity index (χ0n) is 16.3. The molecule has 2 heterocycles. The quantitative estimate of drug-likeness (QED) is 0.680. The van der Waals surface area contributed by atoms with Gasteiger partial charge in [-0.25, -0.2) is 9.18 Å². The van der Waals surface area contributed by atoms with Gasteiger partial charge < -0.3 is 15.5 Å². The van der Waals surface area contributed by atoms with Crippen LogP contribution >= 0.6 is 0 Å². The van der Waals surface area contributed by atoms with Gasteiger partial charge >= 0.3 is 6.03 Å². The summed E-state index contributed by atoms with van der Waals surface area (Å²) in [6, 6.07) is 15.6. The molecule has 1 aliphatic heterocycles. The summed E-state index contributed by atoms with van der Waals surface area (Å²) in [6.07, 6.45) is 4.18. The molecule has 0 radical (unpaired) electrons. The topological polar surface area (TPSA) is 86.0 Å². The van der Waals surface area contributed by atoms with Crippen molar-refractivity contribution in [3.63, 3.8) is 0 Å². The van der Waals surface area contributed by atoms with Crippen LogP contribution < -0.4 is 10.6 Å². The zero-order valence-corrected chi connectivity index (χ0v) is 16.3. The Bertz CT molecular complexity index is 1070. The number of hydrogen-bond acceptors (Lipinski definition) is 4. The minimum atomic E-state index is -0.275. The highest BCUT2D eigenvalue weighted by Crippen LogP contribution is 2.18. The van der Waals surface area contributed by atoms with Gasteiger partial charge in [0.2, 0.25) is 0 Å². The van der Waals surface area contributed by atoms with Gasteiger partial charge in [0.1, 0.15) is 5.82 Å². The molecule has 0 bridgehead atoms. The Morgan fingerprint density at radius 2 is 2.07 bits per heavy atom. The van der Waals surface area contributed by atoms with Gasteiger partial charge in [0, 0.05) is 31.0 Å². The smallest absolute Gasteiger partial charge is 0.322 e. The lowest BCUT2D eigenvalue weighted by Crippen LogP contribution is -2.34. The molecule has 7 nitrogen and oxygen atoms in total. The number of urea groups is 1. The Balaban J connectivity index is 1.30. The second kappa shape index (κ2) is 8.66. The van der Waals surface area contributed by atoms with E-state index in [9.17, 15) is 9.18 Å². The first kappa shape index (κ1) is 19.5. The number of benzene rings is 2. The Labute approximate surface area is 173 Å². The number of amides is 2. The fourth-order valence-corrected chi connectivity index (χ4v) is 3.47. The van der Waals surface area contributed by atoms with Crippen LogP contribution in [-0.2, 0) is 6.54 Å². The predicted molar refractivity (Wildman–Crippen MR) is 112 cm³/mol. The number of hydrogen-bond donors (Lipinski definition) is 2. The number of carbonyl (C=O) groups excluding carboxylic acids is 1. The van der Waals surface area contributed by atoms with E-state index in [1.54, 1.807) is 46.2 Å². The number of likely N-dealkylation sites (tertiary alicyclic amines) is 1. The highest BCUT2D eigenvalue weighted by Gasteiger charge is 2.26. The molecule has 2 N–H and O–H groups in total. The van der Waals surface area contributed by atoms with Crippen molar-refractivity contribution in [2.45, 2.75) is 19.0 Å². The van der Waals surface area contributed by atoms with Crippen molar-refractivity contribution in [2.75, 3.05) is 23.7 Å². The third kappa shape index (κ3) is 4.75. The van der Waals surface area contributed by atoms with Crippen molar-refractivity contribution in [3.05, 3.63) is 77.9 Å². The molecule has 152 valence electrons. The van der Waals surface area contributed by atoms with Crippen LogP contribution in [0.25, 0.3) is 0 Å². The predicted octanol–water partition coefficient (Wildman–Crippen LogP) is 3.66. The molecule has 1 aliphatic rings. The van der Waals surface area contributed by atoms with E-state index in [2.05, 4.69) is 21.8 Å². The summed E-state index contributed by atoms with van der Waals surface area (Å²) in [5.74, 6) is -0.275. The standard InChI is InChI=1S/C22H21FN6O/c23-18-6-4-16(5-7-18)13-29-15-21(12-25-29)27-22(30)28-9-8-20(14-28)26-19-3-1-2-17(10-19)11-24/h1-7,10,12,15,20,26H,8-9,13-14H2,(H,27,30). The summed E-state index contributed by atoms with van der Waals surface area (Å²) >= 11 is 0. The molecule has 1 aromatic heterocycles. The lowest BCUT2D eigenvalue weighted by Gasteiger charge is -2.18. The monoisotopic (exact) mass is 404 g/mol. The van der Waals surface area contributed by atoms with Gasteiger partial charge in [-0.05, 0) is 42.3 Å². The SMILES string of the molecule is N#Cc1cccc(NC2CCN(C(=O)Nc3cnn(Cc4ccc(F)cc4)c3)C2)c1. The van der Waals surface area contributed by atoms with Crippen molar-refractivity contribution < 1.29 is 9.18 Å². The van der Waals surface area contributed by atoms with Gasteiger partial charge in [0.05, 0.1) is 30.1 Å². The molecular weight excluding hydrogens is 383 g/mol. The van der Waals surface area contributed by atoms with Crippen molar-refractivity contribution in [1.29, 1.82) is 5.26 Å². The summed E-state index contributed by atoms with van der Waals surface area (Å²) in [4.78, 5) is 14.3. The minimum Gasteiger partial charge on any atom is -0.380 e. The Morgan fingerprint density at radius 3 is 2.87 bits per heavy atom. The molecule has 1 fully saturated rings. The van der Waals surface area contributed by atoms with Gasteiger partial charge in [0.15, 0.2) is 0 Å². The van der Waals surface area contributed by atoms with E-state index in [0.29, 0.717) is 30.9 Å². The van der Waals surface area contributed by atoms with E-state index < -0.39 is 0 Å². The summed E-state index contributed by atoms with van der Waals surface area (Å²) in [6.45, 7) is 1.71. The number of nitrogens with one attached hydrogen (secondary N) is 2. The molecular formula is C22H21FN6O. The van der Waals surface area contributed by atoms with Gasteiger partial charge in [-0.3, -0.25) is 4.68 Å². The van der Waals surface area contributed by atoms with Crippen LogP contribution in [0.4, 0.5) is 20.6 Å². The summed E-state index contributed by atoms with van der Waals surface area (Å²) in [7, 11) is 0. The number of anilines is 2. The molecule has 2 aromatic carbocycles. The molecule has 1 saturated heterocycles. The lowest BCUT2D eigenvalue weighted by atomic mass is 10.2. The van der Waals surface area contributed by atoms with Crippen LogP contribution in [0.5, 0.6) is 0 Å². The van der Waals surface area contributed by atoms with Gasteiger partial charge in [0.25, 0.3) is 0 Å². The van der Waals surface area contributed by atoms with Gasteiger partial charge in [-0.15, -0.1) is 0 Å². The third-order valence-corrected chi connectivity index (χ3v) is 4.98. The van der Waals surface area contributed by atoms with E-state index in [0.717, 1.165) is 17.7 Å². The van der Waals surface area contributed by atoms with Crippen LogP contribution in [0.1, 0.15) is 17.5 Å². The Morgan fingerprint density at radius 1 is 1.23 bits per heavy atom. The van der Waals surface area contributed by atoms with E-state index in [1.807, 2.05) is 12.1 Å². The summed E-state index contributed by atoms with van der Waals surface area (Å²) in [5.41, 5.74) is 3.01. The second-order valence-electron chi connectivity index (χ2n) is 7.25. The van der Waals surface area contributed by atoms with Crippen LogP contribution in [-0.4, -0.2) is 39.8 Å². The third-order valence-electron chi connectivity index (χ3n) is 4.98. The first-order chi connectivity index (χ1) is 14.6. The molecule has 0 aliphatic carbocycles. The van der Waals surface area contributed by atoms with Crippen LogP contribution in [0, 0.1) is 17.1 Å². The number of aromatic nitrogens is 2. The second-order valence-corrected chi connectivity index (χ2v) is 7.25. The first-order valence-electron chi connectivity index (χ1n) is 9.68. The fraction of sp³-hybridized carbons (Fsp3) is 0.227. The Hall–Kier alpha value is -3.86. The molecule has 3 aromatic rings. The number of nitriles is 1. The van der Waals surface area contributed by atoms with E-state index in [1.165, 1.54) is 12.1 Å². The highest BCUT2D eigenvalue weighted by atomic mass is 19.1. The molecule has 2 amide bonds. The molecule has 1 atom stereocenters. The van der Waals surface area contributed by atoms with Crippen LogP contribution in [0.2, 0.25) is 0 Å². The molecule has 8 heteroatoms. The van der Waals surface area contributed by atoms with Crippen molar-refractivity contribution in [2.24, 2.45) is 0 Å². The van der Waals surface area contributed by atoms with Gasteiger partial charge in [-0.1, -0.05) is 18.2 Å². The Kier molecular flexibility index (Phi) is 5.61. The van der Waals surface area contributed by atoms with Crippen LogP contribution in [0.3, 0.4) is 0 Å². The van der Waals surface area contributed by atoms with E-state index in [-0.39, 0.29) is 17.9 Å². The summed E-state index contributed by atoms with van der Waals surface area (Å²) < 4.78 is 14.7. The van der Waals surface area contributed by atoms with E-state index in [4.69, 9.17) is 5.26 Å². The van der Waals surface area contributed by atoms with Crippen molar-refractivity contribution in [1.82, 2.24) is 14.7 Å². The first-order valence-corrected chi connectivity index (χ1v) is 9.68. The molecule has 30 heavy (non-hydrogen) atoms. The highest BCUT2D eigenvalue weighted by molar-refractivity contribution is 5.89. The van der Waals surface area contributed by atoms with Crippen molar-refractivity contribution in [3.8, 4) is 6.07 Å². The molecule has 4 rings (SSSR count). The molecule has 0 saturated carbocycles. The number of carbonyl (C=O) groups is 1. The lowest BCUT2D eigenvalue weighted by molar-refractivity contribution is 0.222. The average molecular weight is 404 g/mol. The normalized spacial score (nSPS) is 15.6. The molecule has 1 unspecified atom stereocenters. The average Bonchev–Trinajstić information content (AvgIpc) is 3.39. The van der Waals surface area contributed by atoms with Crippen molar-refractivity contribution >= 4 is 17.4 Å². The van der Waals surface area contributed by atoms with Crippen LogP contribution in [0.15, 0.2) is 60.9 Å². The maximum Gasteiger partial charge on any atom is 0.322 e. The summed E-state index contributed by atoms with van der Waals surface area (Å²) in [5, 5.41) is 19.5. The largest absolute Gasteiger partial charge is 0.380 e. The number of nitrogens with zero attached hydrogens (tertiary/aromatic N) is 4. The number of halogens is 1.